The molecule has 0 unspecified atom stereocenters. The highest BCUT2D eigenvalue weighted by Gasteiger charge is 2.37. The molecule has 0 heterocycles. The number of amides is 1. The SMILES string of the molecule is COC(=O)[C@@H](Cc1ccccc1C)NC(=O)Cc1cc(C(F)(F)F)cc(C(F)(F)F)c1. The van der Waals surface area contributed by atoms with Crippen molar-refractivity contribution in [1.82, 2.24) is 5.32 Å². The van der Waals surface area contributed by atoms with Crippen molar-refractivity contribution in [2.24, 2.45) is 0 Å². The Hall–Kier alpha value is -3.04. The normalized spacial score (nSPS) is 12.9. The maximum absolute atomic E-state index is 13.0. The summed E-state index contributed by atoms with van der Waals surface area (Å²) >= 11 is 0. The van der Waals surface area contributed by atoms with Gasteiger partial charge in [-0.25, -0.2) is 4.79 Å². The fraction of sp³-hybridized carbons (Fsp3) is 0.333. The van der Waals surface area contributed by atoms with Crippen LogP contribution >= 0.6 is 0 Å². The summed E-state index contributed by atoms with van der Waals surface area (Å²) in [4.78, 5) is 24.4. The minimum Gasteiger partial charge on any atom is -0.467 e. The molecule has 0 saturated carbocycles. The second-order valence-electron chi connectivity index (χ2n) is 6.86. The second kappa shape index (κ2) is 9.40. The molecular formula is C21H19F6NO3. The topological polar surface area (TPSA) is 55.4 Å². The molecule has 1 amide bonds. The van der Waals surface area contributed by atoms with Crippen molar-refractivity contribution in [2.75, 3.05) is 7.11 Å². The molecule has 0 bridgehead atoms. The number of rotatable bonds is 6. The molecule has 4 nitrogen and oxygen atoms in total. The number of alkyl halides is 6. The number of carbonyl (C=O) groups excluding carboxylic acids is 2. The van der Waals surface area contributed by atoms with Crippen molar-refractivity contribution < 1.29 is 40.7 Å². The van der Waals surface area contributed by atoms with Gasteiger partial charge in [-0.15, -0.1) is 0 Å². The molecule has 168 valence electrons. The molecular weight excluding hydrogens is 428 g/mol. The van der Waals surface area contributed by atoms with Crippen LogP contribution in [-0.4, -0.2) is 25.0 Å². The summed E-state index contributed by atoms with van der Waals surface area (Å²) in [6.07, 6.45) is -10.8. The van der Waals surface area contributed by atoms with Crippen LogP contribution in [0, 0.1) is 6.92 Å². The van der Waals surface area contributed by atoms with Crippen molar-refractivity contribution in [1.29, 1.82) is 0 Å². The van der Waals surface area contributed by atoms with Gasteiger partial charge >= 0.3 is 18.3 Å². The van der Waals surface area contributed by atoms with E-state index in [4.69, 9.17) is 0 Å². The van der Waals surface area contributed by atoms with Gasteiger partial charge in [0.15, 0.2) is 0 Å². The molecule has 0 radical (unpaired) electrons. The lowest BCUT2D eigenvalue weighted by molar-refractivity contribution is -0.145. The smallest absolute Gasteiger partial charge is 0.416 e. The van der Waals surface area contributed by atoms with E-state index in [0.717, 1.165) is 18.2 Å². The van der Waals surface area contributed by atoms with Crippen LogP contribution in [-0.2, 0) is 39.5 Å². The molecule has 2 rings (SSSR count). The molecule has 10 heteroatoms. The predicted octanol–water partition coefficient (Wildman–Crippen LogP) is 4.48. The third-order valence-electron chi connectivity index (χ3n) is 4.52. The molecule has 31 heavy (non-hydrogen) atoms. The van der Waals surface area contributed by atoms with E-state index in [9.17, 15) is 35.9 Å². The van der Waals surface area contributed by atoms with Gasteiger partial charge in [-0.1, -0.05) is 24.3 Å². The quantitative estimate of drug-likeness (QED) is 0.525. The first-order chi connectivity index (χ1) is 14.3. The highest BCUT2D eigenvalue weighted by atomic mass is 19.4. The molecule has 0 aliphatic carbocycles. The van der Waals surface area contributed by atoms with Crippen molar-refractivity contribution in [3.05, 3.63) is 70.3 Å². The van der Waals surface area contributed by atoms with Crippen LogP contribution in [0.3, 0.4) is 0 Å². The molecule has 0 fully saturated rings. The lowest BCUT2D eigenvalue weighted by atomic mass is 10.00. The second-order valence-corrected chi connectivity index (χ2v) is 6.86. The number of aryl methyl sites for hydroxylation is 1. The van der Waals surface area contributed by atoms with Crippen LogP contribution in [0.5, 0.6) is 0 Å². The number of hydrogen-bond acceptors (Lipinski definition) is 3. The highest BCUT2D eigenvalue weighted by molar-refractivity contribution is 5.86. The molecule has 0 saturated heterocycles. The number of nitrogens with one attached hydrogen (secondary N) is 1. The van der Waals surface area contributed by atoms with E-state index in [1.54, 1.807) is 31.2 Å². The largest absolute Gasteiger partial charge is 0.467 e. The van der Waals surface area contributed by atoms with Gasteiger partial charge in [0, 0.05) is 6.42 Å². The molecule has 1 N–H and O–H groups in total. The number of ether oxygens (including phenoxy) is 1. The van der Waals surface area contributed by atoms with E-state index < -0.39 is 53.4 Å². The summed E-state index contributed by atoms with van der Waals surface area (Å²) in [5.41, 5.74) is -1.97. The van der Waals surface area contributed by atoms with E-state index in [0.29, 0.717) is 12.1 Å². The van der Waals surface area contributed by atoms with E-state index >= 15 is 0 Å². The first-order valence-corrected chi connectivity index (χ1v) is 9.01. The highest BCUT2D eigenvalue weighted by Crippen LogP contribution is 2.36. The standard InChI is InChI=1S/C21H19F6NO3/c1-12-5-3-4-6-14(12)10-17(19(30)31-2)28-18(29)9-13-7-15(20(22,23)24)11-16(8-13)21(25,26)27/h3-8,11,17H,9-10H2,1-2H3,(H,28,29)/t17-/m1/s1. The Labute approximate surface area is 174 Å². The van der Waals surface area contributed by atoms with Crippen LogP contribution in [0.4, 0.5) is 26.3 Å². The number of benzene rings is 2. The number of halogens is 6. The number of methoxy groups -OCH3 is 1. The zero-order valence-electron chi connectivity index (χ0n) is 16.5. The molecule has 0 aromatic heterocycles. The molecule has 0 spiro atoms. The fourth-order valence-electron chi connectivity index (χ4n) is 2.95. The zero-order chi connectivity index (χ0) is 23.4. The van der Waals surface area contributed by atoms with Gasteiger partial charge in [0.2, 0.25) is 5.91 Å². The maximum atomic E-state index is 13.0. The van der Waals surface area contributed by atoms with Gasteiger partial charge in [0.1, 0.15) is 6.04 Å². The summed E-state index contributed by atoms with van der Waals surface area (Å²) in [6, 6.07) is 6.78. The van der Waals surface area contributed by atoms with Gasteiger partial charge in [0.25, 0.3) is 0 Å². The molecule has 1 atom stereocenters. The Morgan fingerprint density at radius 3 is 2.00 bits per heavy atom. The van der Waals surface area contributed by atoms with E-state index in [-0.39, 0.29) is 12.5 Å². The minimum atomic E-state index is -5.02. The first kappa shape index (κ1) is 24.2. The average Bonchev–Trinajstić information content (AvgIpc) is 2.66. The Morgan fingerprint density at radius 1 is 0.968 bits per heavy atom. The van der Waals surface area contributed by atoms with E-state index in [2.05, 4.69) is 10.1 Å². The number of esters is 1. The lowest BCUT2D eigenvalue weighted by Crippen LogP contribution is -2.43. The summed E-state index contributed by atoms with van der Waals surface area (Å²) in [5, 5.41) is 2.33. The van der Waals surface area contributed by atoms with Crippen LogP contribution in [0.1, 0.15) is 27.8 Å². The number of hydrogen-bond donors (Lipinski definition) is 1. The van der Waals surface area contributed by atoms with Crippen molar-refractivity contribution >= 4 is 11.9 Å². The van der Waals surface area contributed by atoms with Gasteiger partial charge in [-0.2, -0.15) is 26.3 Å². The van der Waals surface area contributed by atoms with Gasteiger partial charge in [-0.05, 0) is 41.8 Å². The molecule has 0 aliphatic heterocycles. The first-order valence-electron chi connectivity index (χ1n) is 9.01. The third kappa shape index (κ3) is 6.73. The lowest BCUT2D eigenvalue weighted by Gasteiger charge is -2.18. The Balaban J connectivity index is 2.26. The van der Waals surface area contributed by atoms with Crippen molar-refractivity contribution in [3.63, 3.8) is 0 Å². The van der Waals surface area contributed by atoms with Gasteiger partial charge < -0.3 is 10.1 Å². The molecule has 2 aromatic carbocycles. The molecule has 0 aliphatic rings. The Kier molecular flexibility index (Phi) is 7.35. The monoisotopic (exact) mass is 447 g/mol. The van der Waals surface area contributed by atoms with Gasteiger partial charge in [0.05, 0.1) is 24.7 Å². The van der Waals surface area contributed by atoms with Gasteiger partial charge in [-0.3, -0.25) is 4.79 Å². The fourth-order valence-corrected chi connectivity index (χ4v) is 2.95. The van der Waals surface area contributed by atoms with Crippen LogP contribution in [0.15, 0.2) is 42.5 Å². The summed E-state index contributed by atoms with van der Waals surface area (Å²) < 4.78 is 82.6. The van der Waals surface area contributed by atoms with E-state index in [1.165, 1.54) is 0 Å². The Morgan fingerprint density at radius 2 is 1.52 bits per heavy atom. The minimum absolute atomic E-state index is 0.0170. The molecule has 2 aromatic rings. The summed E-state index contributed by atoms with van der Waals surface area (Å²) in [7, 11) is 1.10. The summed E-state index contributed by atoms with van der Waals surface area (Å²) in [6.45, 7) is 1.78. The summed E-state index contributed by atoms with van der Waals surface area (Å²) in [5.74, 6) is -1.71. The van der Waals surface area contributed by atoms with E-state index in [1.807, 2.05) is 0 Å². The maximum Gasteiger partial charge on any atom is 0.416 e. The Bertz CT molecular complexity index is 921. The van der Waals surface area contributed by atoms with Crippen LogP contribution in [0.25, 0.3) is 0 Å². The van der Waals surface area contributed by atoms with Crippen molar-refractivity contribution in [3.8, 4) is 0 Å². The zero-order valence-corrected chi connectivity index (χ0v) is 16.5. The van der Waals surface area contributed by atoms with Crippen molar-refractivity contribution in [2.45, 2.75) is 38.2 Å². The third-order valence-corrected chi connectivity index (χ3v) is 4.52. The van der Waals surface area contributed by atoms with Crippen LogP contribution < -0.4 is 5.32 Å². The number of carbonyl (C=O) groups is 2. The predicted molar refractivity (Wildman–Crippen MR) is 99.0 cm³/mol. The average molecular weight is 447 g/mol. The van der Waals surface area contributed by atoms with Crippen LogP contribution in [0.2, 0.25) is 0 Å².